The molecule has 2 saturated carbocycles. The Morgan fingerprint density at radius 3 is 2.75 bits per heavy atom. The van der Waals surface area contributed by atoms with Gasteiger partial charge in [-0.15, -0.1) is 0 Å². The van der Waals surface area contributed by atoms with Crippen molar-refractivity contribution in [3.63, 3.8) is 0 Å². The second kappa shape index (κ2) is 4.72. The van der Waals surface area contributed by atoms with E-state index in [2.05, 4.69) is 5.32 Å². The summed E-state index contributed by atoms with van der Waals surface area (Å²) in [4.78, 5) is 12.0. The molecule has 4 N–H and O–H groups in total. The van der Waals surface area contributed by atoms with Crippen LogP contribution in [0, 0.1) is 23.7 Å². The van der Waals surface area contributed by atoms with Gasteiger partial charge < -0.3 is 16.2 Å². The van der Waals surface area contributed by atoms with Crippen LogP contribution in [-0.2, 0) is 4.79 Å². The molecule has 0 radical (unpaired) electrons. The van der Waals surface area contributed by atoms with Gasteiger partial charge in [-0.3, -0.25) is 4.79 Å². The van der Waals surface area contributed by atoms with Crippen molar-refractivity contribution in [2.24, 2.45) is 29.4 Å². The van der Waals surface area contributed by atoms with E-state index in [-0.39, 0.29) is 30.4 Å². The number of nitrogens with one attached hydrogen (secondary N) is 1. The molecule has 0 heterocycles. The second-order valence-electron chi connectivity index (χ2n) is 5.47. The van der Waals surface area contributed by atoms with Crippen LogP contribution in [-0.4, -0.2) is 30.2 Å². The largest absolute Gasteiger partial charge is 0.396 e. The molecule has 2 bridgehead atoms. The third-order valence-electron chi connectivity index (χ3n) is 4.22. The Labute approximate surface area is 96.6 Å². The van der Waals surface area contributed by atoms with Crippen molar-refractivity contribution in [1.29, 1.82) is 0 Å². The summed E-state index contributed by atoms with van der Waals surface area (Å²) in [5.41, 5.74) is 6.09. The Bertz CT molecular complexity index is 268. The molecule has 0 aliphatic heterocycles. The summed E-state index contributed by atoms with van der Waals surface area (Å²) in [7, 11) is 0. The van der Waals surface area contributed by atoms with Crippen molar-refractivity contribution in [3.8, 4) is 0 Å². The zero-order valence-electron chi connectivity index (χ0n) is 9.86. The number of fused-ring (bicyclic) bond motifs is 2. The van der Waals surface area contributed by atoms with Crippen molar-refractivity contribution >= 4 is 5.91 Å². The topological polar surface area (TPSA) is 75.3 Å². The fraction of sp³-hybridized carbons (Fsp3) is 0.917. The van der Waals surface area contributed by atoms with Gasteiger partial charge in [-0.2, -0.15) is 0 Å². The summed E-state index contributed by atoms with van der Waals surface area (Å²) in [6.45, 7) is 2.58. The quantitative estimate of drug-likeness (QED) is 0.636. The van der Waals surface area contributed by atoms with E-state index < -0.39 is 0 Å². The highest BCUT2D eigenvalue weighted by Crippen LogP contribution is 2.47. The van der Waals surface area contributed by atoms with Gasteiger partial charge in [0.05, 0.1) is 5.92 Å². The van der Waals surface area contributed by atoms with E-state index >= 15 is 0 Å². The molecular formula is C12H22N2O2. The molecule has 4 heteroatoms. The summed E-state index contributed by atoms with van der Waals surface area (Å²) in [5.74, 6) is 1.31. The molecule has 2 aliphatic rings. The van der Waals surface area contributed by atoms with Gasteiger partial charge in [0.2, 0.25) is 5.91 Å². The van der Waals surface area contributed by atoms with Crippen molar-refractivity contribution in [2.75, 3.05) is 13.2 Å². The lowest BCUT2D eigenvalue weighted by Crippen LogP contribution is -2.46. The first kappa shape index (κ1) is 11.9. The number of rotatable bonds is 4. The number of hydrogen-bond acceptors (Lipinski definition) is 3. The number of nitrogens with two attached hydrogens (primary N) is 1. The van der Waals surface area contributed by atoms with Crippen LogP contribution in [0.25, 0.3) is 0 Å². The number of carbonyl (C=O) groups excluding carboxylic acids is 1. The van der Waals surface area contributed by atoms with Crippen molar-refractivity contribution < 1.29 is 9.90 Å². The number of aliphatic hydroxyl groups is 1. The monoisotopic (exact) mass is 226 g/mol. The molecule has 5 atom stereocenters. The van der Waals surface area contributed by atoms with E-state index in [9.17, 15) is 4.79 Å². The van der Waals surface area contributed by atoms with E-state index in [1.165, 1.54) is 6.42 Å². The van der Waals surface area contributed by atoms with Gasteiger partial charge in [0.1, 0.15) is 0 Å². The fourth-order valence-corrected chi connectivity index (χ4v) is 3.18. The summed E-state index contributed by atoms with van der Waals surface area (Å²) in [6, 6.07) is 0.0585. The molecule has 16 heavy (non-hydrogen) atoms. The SMILES string of the molecule is CC(CO)CNC(=O)C1C2CCC(C2)C1N. The summed E-state index contributed by atoms with van der Waals surface area (Å²) in [5, 5.41) is 11.8. The lowest BCUT2D eigenvalue weighted by atomic mass is 9.84. The van der Waals surface area contributed by atoms with Gasteiger partial charge in [0, 0.05) is 19.2 Å². The van der Waals surface area contributed by atoms with E-state index in [0.717, 1.165) is 12.8 Å². The standard InChI is InChI=1S/C12H22N2O2/c1-7(6-15)5-14-12(16)10-8-2-3-9(4-8)11(10)13/h7-11,15H,2-6,13H2,1H3,(H,14,16). The number of aliphatic hydroxyl groups excluding tert-OH is 1. The molecule has 0 aromatic carbocycles. The second-order valence-corrected chi connectivity index (χ2v) is 5.47. The average molecular weight is 226 g/mol. The Balaban J connectivity index is 1.86. The van der Waals surface area contributed by atoms with Gasteiger partial charge in [-0.05, 0) is 37.0 Å². The minimum Gasteiger partial charge on any atom is -0.396 e. The van der Waals surface area contributed by atoms with Gasteiger partial charge in [-0.25, -0.2) is 0 Å². The van der Waals surface area contributed by atoms with Crippen molar-refractivity contribution in [3.05, 3.63) is 0 Å². The number of amides is 1. The summed E-state index contributed by atoms with van der Waals surface area (Å²) in [6.07, 6.45) is 3.49. The van der Waals surface area contributed by atoms with Crippen LogP contribution in [0.5, 0.6) is 0 Å². The van der Waals surface area contributed by atoms with Gasteiger partial charge >= 0.3 is 0 Å². The molecular weight excluding hydrogens is 204 g/mol. The molecule has 4 nitrogen and oxygen atoms in total. The van der Waals surface area contributed by atoms with E-state index in [4.69, 9.17) is 10.8 Å². The number of carbonyl (C=O) groups is 1. The van der Waals surface area contributed by atoms with Crippen molar-refractivity contribution in [1.82, 2.24) is 5.32 Å². The van der Waals surface area contributed by atoms with Gasteiger partial charge in [-0.1, -0.05) is 6.92 Å². The van der Waals surface area contributed by atoms with Crippen LogP contribution in [0.2, 0.25) is 0 Å². The zero-order chi connectivity index (χ0) is 11.7. The fourth-order valence-electron chi connectivity index (χ4n) is 3.18. The molecule has 92 valence electrons. The molecule has 0 saturated heterocycles. The first-order valence-electron chi connectivity index (χ1n) is 6.27. The third-order valence-corrected chi connectivity index (χ3v) is 4.22. The molecule has 0 aromatic rings. The molecule has 5 unspecified atom stereocenters. The van der Waals surface area contributed by atoms with Crippen LogP contribution in [0.4, 0.5) is 0 Å². The van der Waals surface area contributed by atoms with E-state index in [0.29, 0.717) is 18.4 Å². The van der Waals surface area contributed by atoms with Crippen LogP contribution >= 0.6 is 0 Å². The lowest BCUT2D eigenvalue weighted by Gasteiger charge is -2.27. The summed E-state index contributed by atoms with van der Waals surface area (Å²) >= 11 is 0. The molecule has 2 aliphatic carbocycles. The first-order chi connectivity index (χ1) is 7.63. The molecule has 1 amide bonds. The Kier molecular flexibility index (Phi) is 3.50. The normalized spacial score (nSPS) is 38.7. The Hall–Kier alpha value is -0.610. The minimum atomic E-state index is 0.0182. The average Bonchev–Trinajstić information content (AvgIpc) is 2.85. The number of hydrogen-bond donors (Lipinski definition) is 3. The molecule has 2 rings (SSSR count). The smallest absolute Gasteiger partial charge is 0.224 e. The maximum atomic E-state index is 12.0. The minimum absolute atomic E-state index is 0.0182. The maximum absolute atomic E-state index is 12.0. The van der Waals surface area contributed by atoms with E-state index in [1.807, 2.05) is 6.92 Å². The van der Waals surface area contributed by atoms with Crippen LogP contribution in [0.15, 0.2) is 0 Å². The van der Waals surface area contributed by atoms with Crippen LogP contribution < -0.4 is 11.1 Å². The predicted molar refractivity (Wildman–Crippen MR) is 61.6 cm³/mol. The van der Waals surface area contributed by atoms with Crippen LogP contribution in [0.3, 0.4) is 0 Å². The van der Waals surface area contributed by atoms with E-state index in [1.54, 1.807) is 0 Å². The maximum Gasteiger partial charge on any atom is 0.224 e. The zero-order valence-corrected chi connectivity index (χ0v) is 9.86. The van der Waals surface area contributed by atoms with Gasteiger partial charge in [0.15, 0.2) is 0 Å². The highest BCUT2D eigenvalue weighted by Gasteiger charge is 2.48. The van der Waals surface area contributed by atoms with Gasteiger partial charge in [0.25, 0.3) is 0 Å². The highest BCUT2D eigenvalue weighted by atomic mass is 16.3. The first-order valence-corrected chi connectivity index (χ1v) is 6.27. The molecule has 0 aromatic heterocycles. The third kappa shape index (κ3) is 2.09. The Morgan fingerprint density at radius 1 is 1.50 bits per heavy atom. The molecule has 0 spiro atoms. The van der Waals surface area contributed by atoms with Crippen molar-refractivity contribution in [2.45, 2.75) is 32.2 Å². The predicted octanol–water partition coefficient (Wildman–Crippen LogP) is 0.104. The Morgan fingerprint density at radius 2 is 2.19 bits per heavy atom. The highest BCUT2D eigenvalue weighted by molar-refractivity contribution is 5.80. The molecule has 2 fully saturated rings. The lowest BCUT2D eigenvalue weighted by molar-refractivity contribution is -0.127. The van der Waals surface area contributed by atoms with Crippen LogP contribution in [0.1, 0.15) is 26.2 Å². The summed E-state index contributed by atoms with van der Waals surface area (Å²) < 4.78 is 0.